The van der Waals surface area contributed by atoms with Gasteiger partial charge in [-0.1, -0.05) is 30.3 Å². The third kappa shape index (κ3) is 2.66. The van der Waals surface area contributed by atoms with E-state index in [1.807, 2.05) is 37.4 Å². The Morgan fingerprint density at radius 1 is 1.29 bits per heavy atom. The number of amides is 1. The molecule has 1 amide bonds. The molecule has 2 aliphatic rings. The molecule has 1 atom stereocenters. The maximum Gasteiger partial charge on any atom is 0.222 e. The van der Waals surface area contributed by atoms with Crippen LogP contribution in [0.1, 0.15) is 31.2 Å². The summed E-state index contributed by atoms with van der Waals surface area (Å²) in [5.74, 6) is 0.234. The van der Waals surface area contributed by atoms with Gasteiger partial charge in [-0.25, -0.2) is 0 Å². The van der Waals surface area contributed by atoms with Crippen LogP contribution in [0.5, 0.6) is 0 Å². The smallest absolute Gasteiger partial charge is 0.222 e. The molecule has 1 saturated carbocycles. The number of nitrogens with one attached hydrogen (secondary N) is 1. The molecule has 1 aliphatic carbocycles. The van der Waals surface area contributed by atoms with Crippen LogP contribution in [-0.2, 0) is 10.2 Å². The molecule has 1 unspecified atom stereocenters. The lowest BCUT2D eigenvalue weighted by Gasteiger charge is -2.46. The number of likely N-dealkylation sites (tertiary alicyclic amines) is 1. The van der Waals surface area contributed by atoms with Crippen molar-refractivity contribution >= 4 is 5.91 Å². The maximum atomic E-state index is 11.5. The first-order chi connectivity index (χ1) is 10.1. The first kappa shape index (κ1) is 14.1. The van der Waals surface area contributed by atoms with Gasteiger partial charge < -0.3 is 10.2 Å². The van der Waals surface area contributed by atoms with E-state index in [-0.39, 0.29) is 11.3 Å². The molecule has 4 nitrogen and oxygen atoms in total. The summed E-state index contributed by atoms with van der Waals surface area (Å²) in [6, 6.07) is 13.3. The third-order valence-electron chi connectivity index (χ3n) is 4.83. The van der Waals surface area contributed by atoms with Crippen LogP contribution in [0.4, 0.5) is 0 Å². The molecule has 0 spiro atoms. The summed E-state index contributed by atoms with van der Waals surface area (Å²) in [7, 11) is 1.86. The minimum Gasteiger partial charge on any atom is -0.344 e. The molecule has 21 heavy (non-hydrogen) atoms. The van der Waals surface area contributed by atoms with Crippen molar-refractivity contribution < 1.29 is 4.79 Å². The molecular formula is C17H21N3O. The van der Waals surface area contributed by atoms with Crippen molar-refractivity contribution in [2.75, 3.05) is 13.6 Å². The van der Waals surface area contributed by atoms with E-state index in [0.717, 1.165) is 31.4 Å². The van der Waals surface area contributed by atoms with Gasteiger partial charge in [0.1, 0.15) is 0 Å². The molecule has 1 N–H and O–H groups in total. The Morgan fingerprint density at radius 3 is 2.62 bits per heavy atom. The van der Waals surface area contributed by atoms with Gasteiger partial charge in [0.05, 0.1) is 11.5 Å². The second-order valence-electron chi connectivity index (χ2n) is 6.34. The van der Waals surface area contributed by atoms with Crippen LogP contribution in [0.25, 0.3) is 0 Å². The highest BCUT2D eigenvalue weighted by Crippen LogP contribution is 2.43. The van der Waals surface area contributed by atoms with Gasteiger partial charge in [-0.15, -0.1) is 0 Å². The Bertz CT molecular complexity index is 557. The molecule has 3 rings (SSSR count). The van der Waals surface area contributed by atoms with E-state index in [2.05, 4.69) is 11.4 Å². The minimum atomic E-state index is -0.324. The molecule has 2 fully saturated rings. The van der Waals surface area contributed by atoms with Gasteiger partial charge in [0.15, 0.2) is 0 Å². The molecule has 1 aromatic carbocycles. The van der Waals surface area contributed by atoms with Crippen LogP contribution in [-0.4, -0.2) is 36.5 Å². The van der Waals surface area contributed by atoms with Gasteiger partial charge in [0, 0.05) is 32.1 Å². The Balaban J connectivity index is 1.58. The Morgan fingerprint density at radius 2 is 2.00 bits per heavy atom. The van der Waals surface area contributed by atoms with Crippen LogP contribution >= 0.6 is 0 Å². The number of hydrogen-bond acceptors (Lipinski definition) is 3. The lowest BCUT2D eigenvalue weighted by molar-refractivity contribution is -0.132. The fourth-order valence-electron chi connectivity index (χ4n) is 3.53. The zero-order valence-corrected chi connectivity index (χ0v) is 12.4. The zero-order chi connectivity index (χ0) is 14.9. The number of likely N-dealkylation sites (N-methyl/N-ethyl adjacent to an activating group) is 1. The van der Waals surface area contributed by atoms with Gasteiger partial charge in [-0.3, -0.25) is 4.79 Å². The van der Waals surface area contributed by atoms with E-state index < -0.39 is 0 Å². The second kappa shape index (κ2) is 5.50. The van der Waals surface area contributed by atoms with Gasteiger partial charge in [-0.05, 0) is 24.8 Å². The number of nitriles is 1. The van der Waals surface area contributed by atoms with Crippen molar-refractivity contribution in [2.45, 2.75) is 43.2 Å². The molecule has 1 aromatic rings. The summed E-state index contributed by atoms with van der Waals surface area (Å²) >= 11 is 0. The Hall–Kier alpha value is -1.86. The number of rotatable bonds is 3. The number of piperidine rings is 1. The van der Waals surface area contributed by atoms with Crippen molar-refractivity contribution in [3.63, 3.8) is 0 Å². The summed E-state index contributed by atoms with van der Waals surface area (Å²) in [5.41, 5.74) is 0.802. The topological polar surface area (TPSA) is 56.1 Å². The molecule has 1 saturated heterocycles. The van der Waals surface area contributed by atoms with Gasteiger partial charge in [0.2, 0.25) is 5.91 Å². The normalized spacial score (nSPS) is 32.4. The molecular weight excluding hydrogens is 262 g/mol. The average molecular weight is 283 g/mol. The number of hydrogen-bond donors (Lipinski definition) is 1. The highest BCUT2D eigenvalue weighted by molar-refractivity contribution is 5.76. The average Bonchev–Trinajstić information content (AvgIpc) is 2.47. The van der Waals surface area contributed by atoms with E-state index in [9.17, 15) is 10.1 Å². The lowest BCUT2D eigenvalue weighted by atomic mass is 9.62. The van der Waals surface area contributed by atoms with Crippen LogP contribution in [0.2, 0.25) is 0 Å². The SMILES string of the molecule is CN1CC(NC2CC(C#N)(c3ccccc3)C2)CCC1=O. The van der Waals surface area contributed by atoms with Gasteiger partial charge >= 0.3 is 0 Å². The van der Waals surface area contributed by atoms with E-state index >= 15 is 0 Å². The summed E-state index contributed by atoms with van der Waals surface area (Å²) in [5, 5.41) is 13.2. The monoisotopic (exact) mass is 283 g/mol. The molecule has 0 radical (unpaired) electrons. The van der Waals surface area contributed by atoms with Crippen molar-refractivity contribution in [1.29, 1.82) is 5.26 Å². The standard InChI is InChI=1S/C17H21N3O/c1-20-11-14(7-8-16(20)21)19-15-9-17(10-15,12-18)13-5-3-2-4-6-13/h2-6,14-15,19H,7-11H2,1H3. The van der Waals surface area contributed by atoms with E-state index in [0.29, 0.717) is 18.5 Å². The van der Waals surface area contributed by atoms with E-state index in [4.69, 9.17) is 0 Å². The van der Waals surface area contributed by atoms with Crippen molar-refractivity contribution in [3.8, 4) is 6.07 Å². The predicted octanol–water partition coefficient (Wildman–Crippen LogP) is 1.82. The molecule has 0 aromatic heterocycles. The van der Waals surface area contributed by atoms with Crippen LogP contribution in [0.3, 0.4) is 0 Å². The fraction of sp³-hybridized carbons (Fsp3) is 0.529. The van der Waals surface area contributed by atoms with Crippen LogP contribution in [0, 0.1) is 11.3 Å². The minimum absolute atomic E-state index is 0.234. The van der Waals surface area contributed by atoms with Gasteiger partial charge in [-0.2, -0.15) is 5.26 Å². The number of carbonyl (C=O) groups excluding carboxylic acids is 1. The second-order valence-corrected chi connectivity index (χ2v) is 6.34. The molecule has 0 bridgehead atoms. The fourth-order valence-corrected chi connectivity index (χ4v) is 3.53. The molecule has 1 heterocycles. The zero-order valence-electron chi connectivity index (χ0n) is 12.4. The number of carbonyl (C=O) groups is 1. The van der Waals surface area contributed by atoms with Crippen LogP contribution in [0.15, 0.2) is 30.3 Å². The van der Waals surface area contributed by atoms with Crippen molar-refractivity contribution in [3.05, 3.63) is 35.9 Å². The van der Waals surface area contributed by atoms with E-state index in [1.54, 1.807) is 4.90 Å². The summed E-state index contributed by atoms with van der Waals surface area (Å²) < 4.78 is 0. The highest BCUT2D eigenvalue weighted by atomic mass is 16.2. The van der Waals surface area contributed by atoms with Crippen molar-refractivity contribution in [2.24, 2.45) is 0 Å². The summed E-state index contributed by atoms with van der Waals surface area (Å²) in [4.78, 5) is 13.3. The van der Waals surface area contributed by atoms with Gasteiger partial charge in [0.25, 0.3) is 0 Å². The Kier molecular flexibility index (Phi) is 3.69. The van der Waals surface area contributed by atoms with Crippen molar-refractivity contribution in [1.82, 2.24) is 10.2 Å². The molecule has 4 heteroatoms. The van der Waals surface area contributed by atoms with Crippen LogP contribution < -0.4 is 5.32 Å². The highest BCUT2D eigenvalue weighted by Gasteiger charge is 2.46. The quantitative estimate of drug-likeness (QED) is 0.920. The maximum absolute atomic E-state index is 11.5. The summed E-state index contributed by atoms with van der Waals surface area (Å²) in [6.07, 6.45) is 3.26. The van der Waals surface area contributed by atoms with E-state index in [1.165, 1.54) is 0 Å². The summed E-state index contributed by atoms with van der Waals surface area (Å²) in [6.45, 7) is 0.778. The molecule has 110 valence electrons. The first-order valence-electron chi connectivity index (χ1n) is 7.60. The first-order valence-corrected chi connectivity index (χ1v) is 7.60. The third-order valence-corrected chi connectivity index (χ3v) is 4.83. The predicted molar refractivity (Wildman–Crippen MR) is 80.5 cm³/mol. The number of nitrogens with zero attached hydrogens (tertiary/aromatic N) is 2. The molecule has 1 aliphatic heterocycles. The number of benzene rings is 1. The lowest BCUT2D eigenvalue weighted by Crippen LogP contribution is -2.57. The largest absolute Gasteiger partial charge is 0.344 e. The Labute approximate surface area is 125 Å².